The van der Waals surface area contributed by atoms with E-state index in [9.17, 15) is 4.79 Å². The number of ether oxygens (including phenoxy) is 1. The fraction of sp³-hybridized carbons (Fsp3) is 0.500. The molecule has 2 unspecified atom stereocenters. The lowest BCUT2D eigenvalue weighted by Gasteiger charge is -2.36. The number of pyridine rings is 1. The summed E-state index contributed by atoms with van der Waals surface area (Å²) in [4.78, 5) is 23.5. The van der Waals surface area contributed by atoms with Crippen molar-refractivity contribution in [2.75, 3.05) is 23.3 Å². The number of hydrogen-bond acceptors (Lipinski definition) is 6. The molecule has 1 aliphatic heterocycles. The molecule has 0 spiro atoms. The highest BCUT2D eigenvalue weighted by molar-refractivity contribution is 7.14. The number of aromatic nitrogens is 2. The van der Waals surface area contributed by atoms with Crippen molar-refractivity contribution in [3.05, 3.63) is 35.0 Å². The van der Waals surface area contributed by atoms with Crippen LogP contribution < -0.4 is 10.2 Å². The van der Waals surface area contributed by atoms with Crippen molar-refractivity contribution >= 4 is 28.2 Å². The monoisotopic (exact) mass is 358 g/mol. The Bertz CT molecular complexity index is 747. The van der Waals surface area contributed by atoms with E-state index in [4.69, 9.17) is 4.74 Å². The van der Waals surface area contributed by atoms with E-state index in [2.05, 4.69) is 34.0 Å². The SMILES string of the molecule is CC1CN(c2ccc(C(=O)Nc3nc(C4CC4)cs3)cn2)CC(C)O1. The molecule has 2 aromatic rings. The van der Waals surface area contributed by atoms with Gasteiger partial charge in [0.1, 0.15) is 5.82 Å². The largest absolute Gasteiger partial charge is 0.372 e. The molecule has 2 aromatic heterocycles. The van der Waals surface area contributed by atoms with Crippen LogP contribution in [0.1, 0.15) is 48.7 Å². The van der Waals surface area contributed by atoms with E-state index >= 15 is 0 Å². The zero-order valence-electron chi connectivity index (χ0n) is 14.4. The van der Waals surface area contributed by atoms with E-state index in [0.29, 0.717) is 16.6 Å². The summed E-state index contributed by atoms with van der Waals surface area (Å²) in [6.07, 6.45) is 4.41. The molecule has 0 radical (unpaired) electrons. The second-order valence-corrected chi connectivity index (χ2v) is 7.73. The van der Waals surface area contributed by atoms with Crippen LogP contribution in [0.3, 0.4) is 0 Å². The second kappa shape index (κ2) is 6.72. The maximum atomic E-state index is 12.4. The number of carbonyl (C=O) groups is 1. The molecule has 2 aliphatic rings. The molecule has 1 amide bonds. The van der Waals surface area contributed by atoms with Crippen LogP contribution in [0.25, 0.3) is 0 Å². The Labute approximate surface area is 151 Å². The van der Waals surface area contributed by atoms with Gasteiger partial charge in [-0.3, -0.25) is 10.1 Å². The van der Waals surface area contributed by atoms with Crippen LogP contribution in [0.2, 0.25) is 0 Å². The summed E-state index contributed by atoms with van der Waals surface area (Å²) in [5, 5.41) is 5.57. The van der Waals surface area contributed by atoms with Gasteiger partial charge in [-0.2, -0.15) is 0 Å². The lowest BCUT2D eigenvalue weighted by Crippen LogP contribution is -2.45. The first kappa shape index (κ1) is 16.5. The van der Waals surface area contributed by atoms with E-state index in [1.807, 2.05) is 17.5 Å². The van der Waals surface area contributed by atoms with Gasteiger partial charge >= 0.3 is 0 Å². The third-order valence-electron chi connectivity index (χ3n) is 4.49. The summed E-state index contributed by atoms with van der Waals surface area (Å²) in [6, 6.07) is 3.72. The summed E-state index contributed by atoms with van der Waals surface area (Å²) in [5.41, 5.74) is 1.64. The van der Waals surface area contributed by atoms with Crippen LogP contribution in [-0.4, -0.2) is 41.2 Å². The first-order chi connectivity index (χ1) is 12.1. The number of carbonyl (C=O) groups excluding carboxylic acids is 1. The van der Waals surface area contributed by atoms with Crippen molar-refractivity contribution in [1.29, 1.82) is 0 Å². The minimum atomic E-state index is -0.167. The maximum absolute atomic E-state index is 12.4. The van der Waals surface area contributed by atoms with Gasteiger partial charge in [0.15, 0.2) is 5.13 Å². The van der Waals surface area contributed by atoms with Crippen molar-refractivity contribution in [3.63, 3.8) is 0 Å². The number of amides is 1. The molecule has 1 saturated heterocycles. The number of hydrogen-bond donors (Lipinski definition) is 1. The molecule has 25 heavy (non-hydrogen) atoms. The fourth-order valence-corrected chi connectivity index (χ4v) is 3.94. The molecular formula is C18H22N4O2S. The summed E-state index contributed by atoms with van der Waals surface area (Å²) in [6.45, 7) is 5.75. The standard InChI is InChI=1S/C18H22N4O2S/c1-11-8-22(9-12(2)24-11)16-6-5-14(7-19-16)17(23)21-18-20-15(10-25-18)13-3-4-13/h5-7,10-13H,3-4,8-9H2,1-2H3,(H,20,21,23). The van der Waals surface area contributed by atoms with E-state index in [1.165, 1.54) is 24.2 Å². The fourth-order valence-electron chi connectivity index (χ4n) is 3.15. The average molecular weight is 358 g/mol. The predicted octanol–water partition coefficient (Wildman–Crippen LogP) is 3.28. The van der Waals surface area contributed by atoms with Crippen molar-refractivity contribution in [3.8, 4) is 0 Å². The molecule has 0 aromatic carbocycles. The molecule has 0 bridgehead atoms. The van der Waals surface area contributed by atoms with Gasteiger partial charge in [-0.05, 0) is 38.8 Å². The van der Waals surface area contributed by atoms with Crippen molar-refractivity contribution in [2.45, 2.75) is 44.8 Å². The number of morpholine rings is 1. The van der Waals surface area contributed by atoms with Crippen LogP contribution in [0, 0.1) is 0 Å². The molecule has 1 aliphatic carbocycles. The highest BCUT2D eigenvalue weighted by Gasteiger charge is 2.26. The van der Waals surface area contributed by atoms with Crippen LogP contribution in [0.4, 0.5) is 10.9 Å². The van der Waals surface area contributed by atoms with Crippen LogP contribution in [-0.2, 0) is 4.74 Å². The summed E-state index contributed by atoms with van der Waals surface area (Å²) < 4.78 is 5.75. The topological polar surface area (TPSA) is 67.4 Å². The Morgan fingerprint density at radius 2 is 2.04 bits per heavy atom. The number of thiazole rings is 1. The van der Waals surface area contributed by atoms with E-state index in [-0.39, 0.29) is 18.1 Å². The molecule has 7 heteroatoms. The number of nitrogens with zero attached hydrogens (tertiary/aromatic N) is 3. The first-order valence-electron chi connectivity index (χ1n) is 8.71. The second-order valence-electron chi connectivity index (χ2n) is 6.87. The maximum Gasteiger partial charge on any atom is 0.259 e. The smallest absolute Gasteiger partial charge is 0.259 e. The Balaban J connectivity index is 1.41. The minimum absolute atomic E-state index is 0.167. The molecule has 132 valence electrons. The number of rotatable bonds is 4. The molecule has 1 saturated carbocycles. The summed E-state index contributed by atoms with van der Waals surface area (Å²) in [5.74, 6) is 1.31. The van der Waals surface area contributed by atoms with Crippen molar-refractivity contribution in [1.82, 2.24) is 9.97 Å². The van der Waals surface area contributed by atoms with Gasteiger partial charge in [-0.25, -0.2) is 9.97 Å². The molecule has 2 fully saturated rings. The Kier molecular flexibility index (Phi) is 4.43. The number of anilines is 2. The van der Waals surface area contributed by atoms with Crippen LogP contribution >= 0.6 is 11.3 Å². The van der Waals surface area contributed by atoms with Gasteiger partial charge in [0.25, 0.3) is 5.91 Å². The zero-order chi connectivity index (χ0) is 17.4. The van der Waals surface area contributed by atoms with Crippen molar-refractivity contribution < 1.29 is 9.53 Å². The third kappa shape index (κ3) is 3.82. The molecular weight excluding hydrogens is 336 g/mol. The van der Waals surface area contributed by atoms with E-state index < -0.39 is 0 Å². The lowest BCUT2D eigenvalue weighted by atomic mass is 10.2. The van der Waals surface area contributed by atoms with Gasteiger partial charge < -0.3 is 9.64 Å². The van der Waals surface area contributed by atoms with E-state index in [0.717, 1.165) is 24.6 Å². The first-order valence-corrected chi connectivity index (χ1v) is 9.59. The molecule has 2 atom stereocenters. The minimum Gasteiger partial charge on any atom is -0.372 e. The van der Waals surface area contributed by atoms with Gasteiger partial charge in [0.2, 0.25) is 0 Å². The van der Waals surface area contributed by atoms with Gasteiger partial charge in [0, 0.05) is 30.6 Å². The molecule has 6 nitrogen and oxygen atoms in total. The highest BCUT2D eigenvalue weighted by Crippen LogP contribution is 2.40. The molecule has 1 N–H and O–H groups in total. The lowest BCUT2D eigenvalue weighted by molar-refractivity contribution is -0.00546. The van der Waals surface area contributed by atoms with Crippen LogP contribution in [0.5, 0.6) is 0 Å². The van der Waals surface area contributed by atoms with Crippen molar-refractivity contribution in [2.24, 2.45) is 0 Å². The molecule has 4 rings (SSSR count). The summed E-state index contributed by atoms with van der Waals surface area (Å²) in [7, 11) is 0. The zero-order valence-corrected chi connectivity index (χ0v) is 15.3. The average Bonchev–Trinajstić information content (AvgIpc) is 3.34. The van der Waals surface area contributed by atoms with Gasteiger partial charge in [-0.1, -0.05) is 0 Å². The third-order valence-corrected chi connectivity index (χ3v) is 5.27. The normalized spacial score (nSPS) is 23.5. The quantitative estimate of drug-likeness (QED) is 0.908. The van der Waals surface area contributed by atoms with Gasteiger partial charge in [0.05, 0.1) is 23.5 Å². The predicted molar refractivity (Wildman–Crippen MR) is 98.5 cm³/mol. The highest BCUT2D eigenvalue weighted by atomic mass is 32.1. The number of nitrogens with one attached hydrogen (secondary N) is 1. The Morgan fingerprint density at radius 3 is 2.68 bits per heavy atom. The van der Waals surface area contributed by atoms with Gasteiger partial charge in [-0.15, -0.1) is 11.3 Å². The Hall–Kier alpha value is -1.99. The van der Waals surface area contributed by atoms with E-state index in [1.54, 1.807) is 6.20 Å². The van der Waals surface area contributed by atoms with Crippen LogP contribution in [0.15, 0.2) is 23.7 Å². The Morgan fingerprint density at radius 1 is 1.28 bits per heavy atom. The molecule has 3 heterocycles. The summed E-state index contributed by atoms with van der Waals surface area (Å²) >= 11 is 1.48.